The Morgan fingerprint density at radius 3 is 2.47 bits per heavy atom. The first-order valence-corrected chi connectivity index (χ1v) is 23.4. The monoisotopic (exact) mass is 962 g/mol. The van der Waals surface area contributed by atoms with Crippen molar-refractivity contribution in [1.82, 2.24) is 19.6 Å². The Morgan fingerprint density at radius 2 is 1.77 bits per heavy atom. The van der Waals surface area contributed by atoms with Crippen LogP contribution in [0.5, 0.6) is 11.5 Å². The molecule has 66 heavy (non-hydrogen) atoms. The van der Waals surface area contributed by atoms with E-state index in [0.717, 1.165) is 65.6 Å². The van der Waals surface area contributed by atoms with Crippen LogP contribution in [-0.4, -0.2) is 83.7 Å². The van der Waals surface area contributed by atoms with Crippen LogP contribution >= 0.6 is 35.3 Å². The number of nitrogens with one attached hydrogen (secondary N) is 3. The van der Waals surface area contributed by atoms with E-state index in [9.17, 15) is 27.9 Å². The van der Waals surface area contributed by atoms with Gasteiger partial charge in [0.25, 0.3) is 0 Å². The van der Waals surface area contributed by atoms with Crippen molar-refractivity contribution in [2.24, 2.45) is 5.92 Å². The average molecular weight is 964 g/mol. The minimum Gasteiger partial charge on any atom is -0.455 e. The molecule has 1 amide bonds. The largest absolute Gasteiger partial charge is 0.455 e. The number of thioether (sulfide) groups is 1. The van der Waals surface area contributed by atoms with E-state index < -0.39 is 23.3 Å². The van der Waals surface area contributed by atoms with Gasteiger partial charge in [0.15, 0.2) is 6.29 Å². The summed E-state index contributed by atoms with van der Waals surface area (Å²) in [5.74, 6) is 1.21. The zero-order chi connectivity index (χ0) is 47.4. The smallest absolute Gasteiger partial charge is 0.446 e. The van der Waals surface area contributed by atoms with Gasteiger partial charge < -0.3 is 34.7 Å². The lowest BCUT2D eigenvalue weighted by Crippen LogP contribution is -2.35. The third-order valence-electron chi connectivity index (χ3n) is 10.6. The molecule has 11 nitrogen and oxygen atoms in total. The SMILES string of the molecule is CNSc1ccc(NCCCN(C)C(=O)OC(C)(C)C)c(SC(F)(F)F)c1.O=Cc1ccc(N2CCC(C(O)c3ccccc3-c3ccc(Cl)cc3)CC2)cc1Oc1cnc2[nH]ccc2c1. The number of aliphatic hydroxyl groups excluding tert-OH is 1. The topological polar surface area (TPSA) is 132 Å². The van der Waals surface area contributed by atoms with Gasteiger partial charge in [-0.3, -0.25) is 9.52 Å². The number of pyridine rings is 1. The number of amides is 1. The molecule has 1 fully saturated rings. The number of carbonyl (C=O) groups is 2. The van der Waals surface area contributed by atoms with E-state index in [1.54, 1.807) is 59.3 Å². The normalized spacial score (nSPS) is 13.7. The van der Waals surface area contributed by atoms with Crippen molar-refractivity contribution in [3.8, 4) is 22.6 Å². The third kappa shape index (κ3) is 14.3. The highest BCUT2D eigenvalue weighted by atomic mass is 35.5. The number of aldehydes is 1. The van der Waals surface area contributed by atoms with E-state index in [-0.39, 0.29) is 22.6 Å². The molecule has 1 saturated heterocycles. The summed E-state index contributed by atoms with van der Waals surface area (Å²) in [5, 5.41) is 16.1. The lowest BCUT2D eigenvalue weighted by molar-refractivity contribution is -0.0328. The van der Waals surface area contributed by atoms with E-state index in [1.165, 1.54) is 22.9 Å². The zero-order valence-corrected chi connectivity index (χ0v) is 39.7. The molecular weight excluding hydrogens is 909 g/mol. The number of aromatic amines is 1. The van der Waals surface area contributed by atoms with Gasteiger partial charge in [0, 0.05) is 77.1 Å². The molecule has 1 atom stereocenters. The second kappa shape index (κ2) is 22.9. The van der Waals surface area contributed by atoms with E-state index >= 15 is 0 Å². The molecule has 0 spiro atoms. The second-order valence-electron chi connectivity index (χ2n) is 16.6. The number of aromatic nitrogens is 2. The quantitative estimate of drug-likeness (QED) is 0.0339. The summed E-state index contributed by atoms with van der Waals surface area (Å²) >= 11 is 7.19. The van der Waals surface area contributed by atoms with Crippen LogP contribution in [0.1, 0.15) is 62.1 Å². The van der Waals surface area contributed by atoms with Crippen LogP contribution in [0.3, 0.4) is 0 Å². The van der Waals surface area contributed by atoms with Gasteiger partial charge in [0.05, 0.1) is 17.9 Å². The highest BCUT2D eigenvalue weighted by molar-refractivity contribution is 8.00. The van der Waals surface area contributed by atoms with E-state index in [2.05, 4.69) is 31.0 Å². The number of H-pyrrole nitrogens is 1. The number of rotatable bonds is 15. The number of carbonyl (C=O) groups excluding carboxylic acids is 2. The first-order chi connectivity index (χ1) is 31.5. The fraction of sp³-hybridized carbons (Fsp3) is 0.327. The number of hydrogen-bond acceptors (Lipinski definition) is 11. The first-order valence-electron chi connectivity index (χ1n) is 21.4. The number of piperidine rings is 1. The van der Waals surface area contributed by atoms with E-state index in [1.807, 2.05) is 72.9 Å². The maximum absolute atomic E-state index is 12.8. The number of alkyl halides is 3. The molecule has 17 heteroatoms. The molecule has 1 aliphatic heterocycles. The number of aliphatic hydroxyl groups is 1. The molecule has 6 aromatic rings. The Hall–Kier alpha value is -5.39. The Bertz CT molecular complexity index is 2550. The van der Waals surface area contributed by atoms with Gasteiger partial charge in [0.1, 0.15) is 22.7 Å². The first kappa shape index (κ1) is 50.0. The minimum absolute atomic E-state index is 0.114. The molecular formula is C49H54ClF3N6O5S2. The van der Waals surface area contributed by atoms with Gasteiger partial charge in [-0.2, -0.15) is 13.2 Å². The summed E-state index contributed by atoms with van der Waals surface area (Å²) in [7, 11) is 3.33. The van der Waals surface area contributed by atoms with Crippen LogP contribution < -0.4 is 19.7 Å². The summed E-state index contributed by atoms with van der Waals surface area (Å²) in [4.78, 5) is 35.6. The lowest BCUT2D eigenvalue weighted by Gasteiger charge is -2.36. The summed E-state index contributed by atoms with van der Waals surface area (Å²) < 4.78 is 52.6. The van der Waals surface area contributed by atoms with Gasteiger partial charge in [-0.15, -0.1) is 0 Å². The maximum Gasteiger partial charge on any atom is 0.446 e. The molecule has 0 bridgehead atoms. The predicted octanol–water partition coefficient (Wildman–Crippen LogP) is 12.6. The highest BCUT2D eigenvalue weighted by Crippen LogP contribution is 2.42. The van der Waals surface area contributed by atoms with Crippen molar-refractivity contribution in [3.05, 3.63) is 126 Å². The molecule has 0 saturated carbocycles. The molecule has 7 rings (SSSR count). The Kier molecular flexibility index (Phi) is 17.3. The van der Waals surface area contributed by atoms with E-state index in [0.29, 0.717) is 52.2 Å². The van der Waals surface area contributed by atoms with E-state index in [4.69, 9.17) is 21.1 Å². The van der Waals surface area contributed by atoms with Crippen molar-refractivity contribution >= 4 is 70.1 Å². The molecule has 350 valence electrons. The number of nitrogens with zero attached hydrogens (tertiary/aromatic N) is 3. The summed E-state index contributed by atoms with van der Waals surface area (Å²) in [6, 6.07) is 30.1. The number of anilines is 2. The molecule has 1 aliphatic rings. The molecule has 0 aliphatic carbocycles. The fourth-order valence-electron chi connectivity index (χ4n) is 7.39. The van der Waals surface area contributed by atoms with Crippen molar-refractivity contribution in [1.29, 1.82) is 0 Å². The van der Waals surface area contributed by atoms with Crippen LogP contribution in [0.25, 0.3) is 22.2 Å². The standard InChI is InChI=1S/C32H28ClN3O3.C17H26F3N3O2S2/c33-25-8-5-21(6-9-25)28-3-1-2-4-29(28)31(38)22-12-15-36(16-13-22)26-10-7-24(20-37)30(18-26)39-27-17-23-11-14-34-32(23)35-19-27;1-16(2,3)25-15(24)23(5)10-6-9-22-13-8-7-12(27-21-4)11-14(13)26-17(18,19)20/h1-11,14,17-20,22,31,38H,12-13,15-16H2,(H,34,35);7-8,11,21-22H,6,9-10H2,1-5H3. The number of ether oxygens (including phenoxy) is 2. The van der Waals surface area contributed by atoms with Gasteiger partial charge in [-0.25, -0.2) is 9.78 Å². The molecule has 4 aromatic carbocycles. The Morgan fingerprint density at radius 1 is 1.03 bits per heavy atom. The summed E-state index contributed by atoms with van der Waals surface area (Å²) in [6.07, 6.45) is 5.55. The summed E-state index contributed by atoms with van der Waals surface area (Å²) in [6.45, 7) is 7.81. The lowest BCUT2D eigenvalue weighted by atomic mass is 9.84. The number of fused-ring (bicyclic) bond motifs is 1. The number of benzene rings is 4. The second-order valence-corrected chi connectivity index (χ2v) is 19.2. The van der Waals surface area contributed by atoms with Crippen molar-refractivity contribution in [2.75, 3.05) is 50.5 Å². The van der Waals surface area contributed by atoms with Crippen molar-refractivity contribution in [3.63, 3.8) is 0 Å². The third-order valence-corrected chi connectivity index (χ3v) is 12.3. The van der Waals surface area contributed by atoms with Gasteiger partial charge in [0.2, 0.25) is 0 Å². The van der Waals surface area contributed by atoms with Crippen LogP contribution in [0.15, 0.2) is 119 Å². The zero-order valence-electron chi connectivity index (χ0n) is 37.3. The van der Waals surface area contributed by atoms with Crippen molar-refractivity contribution in [2.45, 2.75) is 67.0 Å². The highest BCUT2D eigenvalue weighted by Gasteiger charge is 2.31. The molecule has 4 N–H and O–H groups in total. The minimum atomic E-state index is -4.36. The fourth-order valence-corrected chi connectivity index (χ4v) is 8.83. The average Bonchev–Trinajstić information content (AvgIpc) is 3.76. The molecule has 0 radical (unpaired) electrons. The van der Waals surface area contributed by atoms with Crippen LogP contribution in [0.4, 0.5) is 29.3 Å². The van der Waals surface area contributed by atoms with Gasteiger partial charge >= 0.3 is 11.6 Å². The predicted molar refractivity (Wildman–Crippen MR) is 260 cm³/mol. The summed E-state index contributed by atoms with van der Waals surface area (Å²) in [5.41, 5.74) is 0.750. The van der Waals surface area contributed by atoms with Crippen LogP contribution in [0, 0.1) is 5.92 Å². The molecule has 1 unspecified atom stereocenters. The van der Waals surface area contributed by atoms with Crippen LogP contribution in [-0.2, 0) is 4.74 Å². The Balaban J connectivity index is 0.000000236. The maximum atomic E-state index is 12.8. The number of hydrogen-bond donors (Lipinski definition) is 4. The van der Waals surface area contributed by atoms with Crippen LogP contribution in [0.2, 0.25) is 5.02 Å². The molecule has 3 heterocycles. The number of halogens is 4. The Labute approximate surface area is 396 Å². The van der Waals surface area contributed by atoms with Gasteiger partial charge in [-0.1, -0.05) is 48.0 Å². The van der Waals surface area contributed by atoms with Gasteiger partial charge in [-0.05, 0) is 148 Å². The van der Waals surface area contributed by atoms with Crippen molar-refractivity contribution < 1.29 is 37.3 Å². The molecule has 2 aromatic heterocycles.